The maximum Gasteiger partial charge on any atom is 0.240 e. The van der Waals surface area contributed by atoms with E-state index in [1.807, 2.05) is 13.8 Å². The second-order valence-electron chi connectivity index (χ2n) is 3.00. The van der Waals surface area contributed by atoms with Gasteiger partial charge in [0.2, 0.25) is 5.95 Å². The summed E-state index contributed by atoms with van der Waals surface area (Å²) in [4.78, 5) is 0. The lowest BCUT2D eigenvalue weighted by Gasteiger charge is -2.10. The molecule has 1 aromatic rings. The summed E-state index contributed by atoms with van der Waals surface area (Å²) >= 11 is 0. The molecule has 5 N–H and O–H groups in total. The van der Waals surface area contributed by atoms with Crippen molar-refractivity contribution in [2.45, 2.75) is 19.8 Å². The van der Waals surface area contributed by atoms with Gasteiger partial charge in [-0.1, -0.05) is 13.8 Å². The number of anilines is 1. The molecule has 1 aromatic heterocycles. The van der Waals surface area contributed by atoms with Crippen LogP contribution in [0.25, 0.3) is 0 Å². The van der Waals surface area contributed by atoms with E-state index in [-0.39, 0.29) is 11.9 Å². The van der Waals surface area contributed by atoms with Crippen LogP contribution in [0.4, 0.5) is 5.95 Å². The Morgan fingerprint density at radius 1 is 1.54 bits per heavy atom. The number of nitrogens with one attached hydrogen (secondary N) is 1. The third kappa shape index (κ3) is 2.09. The van der Waals surface area contributed by atoms with Gasteiger partial charge >= 0.3 is 0 Å². The van der Waals surface area contributed by atoms with E-state index in [0.29, 0.717) is 5.82 Å². The van der Waals surface area contributed by atoms with Crippen molar-refractivity contribution >= 4 is 5.95 Å². The first-order valence-corrected chi connectivity index (χ1v) is 4.33. The first-order chi connectivity index (χ1) is 6.16. The van der Waals surface area contributed by atoms with E-state index in [1.165, 1.54) is 4.68 Å². The lowest BCUT2D eigenvalue weighted by molar-refractivity contribution is 0.595. The molecular weight excluding hydrogens is 168 g/mol. The largest absolute Gasteiger partial charge is 0.366 e. The summed E-state index contributed by atoms with van der Waals surface area (Å²) in [6.07, 6.45) is 0. The van der Waals surface area contributed by atoms with Gasteiger partial charge in [0, 0.05) is 12.5 Å². The van der Waals surface area contributed by atoms with Crippen LogP contribution in [-0.4, -0.2) is 28.0 Å². The fourth-order valence-corrected chi connectivity index (χ4v) is 1.10. The number of nitrogens with two attached hydrogens (primary N) is 2. The number of hydrogen-bond acceptors (Lipinski definition) is 5. The van der Waals surface area contributed by atoms with Gasteiger partial charge in [0.25, 0.3) is 0 Å². The summed E-state index contributed by atoms with van der Waals surface area (Å²) in [5, 5.41) is 10.8. The van der Waals surface area contributed by atoms with E-state index in [0.717, 1.165) is 13.1 Å². The maximum atomic E-state index is 5.61. The Morgan fingerprint density at radius 3 is 2.69 bits per heavy atom. The van der Waals surface area contributed by atoms with Crippen molar-refractivity contribution in [1.82, 2.24) is 20.2 Å². The molecule has 6 heteroatoms. The van der Waals surface area contributed by atoms with Crippen molar-refractivity contribution in [3.8, 4) is 0 Å². The van der Waals surface area contributed by atoms with Crippen LogP contribution in [0.1, 0.15) is 25.6 Å². The smallest absolute Gasteiger partial charge is 0.240 e. The minimum absolute atomic E-state index is 0.217. The monoisotopic (exact) mass is 184 g/mol. The summed E-state index contributed by atoms with van der Waals surface area (Å²) in [6.45, 7) is 5.83. The minimum Gasteiger partial charge on any atom is -0.366 e. The topological polar surface area (TPSA) is 94.8 Å². The molecule has 6 nitrogen and oxygen atoms in total. The van der Waals surface area contributed by atoms with Gasteiger partial charge in [-0.2, -0.15) is 0 Å². The molecular formula is C7H16N6. The molecule has 0 aliphatic carbocycles. The second-order valence-corrected chi connectivity index (χ2v) is 3.00. The van der Waals surface area contributed by atoms with E-state index in [1.54, 1.807) is 0 Å². The highest BCUT2D eigenvalue weighted by Gasteiger charge is 2.13. The van der Waals surface area contributed by atoms with Crippen LogP contribution in [0.2, 0.25) is 0 Å². The number of hydrogen-bond donors (Lipinski definition) is 3. The van der Waals surface area contributed by atoms with E-state index in [4.69, 9.17) is 11.6 Å². The first-order valence-electron chi connectivity index (χ1n) is 4.33. The normalized spacial score (nSPS) is 13.1. The number of aromatic nitrogens is 3. The lowest BCUT2D eigenvalue weighted by Crippen LogP contribution is -2.24. The molecule has 1 atom stereocenters. The molecule has 1 heterocycles. The van der Waals surface area contributed by atoms with Gasteiger partial charge in [-0.05, 0) is 6.54 Å². The van der Waals surface area contributed by atoms with Gasteiger partial charge in [0.1, 0.15) is 0 Å². The van der Waals surface area contributed by atoms with Gasteiger partial charge in [-0.15, -0.1) is 10.2 Å². The molecule has 0 aromatic carbocycles. The third-order valence-corrected chi connectivity index (χ3v) is 1.89. The van der Waals surface area contributed by atoms with Crippen LogP contribution >= 0.6 is 0 Å². The number of nitrogen functional groups attached to an aromatic ring is 2. The Hall–Kier alpha value is -1.30. The Balaban J connectivity index is 2.65. The summed E-state index contributed by atoms with van der Waals surface area (Å²) in [7, 11) is 0. The average Bonchev–Trinajstić information content (AvgIpc) is 2.44. The van der Waals surface area contributed by atoms with Gasteiger partial charge < -0.3 is 16.9 Å². The first kappa shape index (κ1) is 9.79. The fraction of sp³-hybridized carbons (Fsp3) is 0.714. The Labute approximate surface area is 77.3 Å². The highest BCUT2D eigenvalue weighted by molar-refractivity contribution is 5.18. The Morgan fingerprint density at radius 2 is 2.23 bits per heavy atom. The van der Waals surface area contributed by atoms with Crippen LogP contribution in [0, 0.1) is 0 Å². The highest BCUT2D eigenvalue weighted by atomic mass is 15.4. The molecule has 74 valence electrons. The molecule has 0 saturated carbocycles. The predicted octanol–water partition coefficient (Wildman–Crippen LogP) is -0.713. The summed E-state index contributed by atoms with van der Waals surface area (Å²) in [6, 6.07) is 0. The third-order valence-electron chi connectivity index (χ3n) is 1.89. The maximum absolute atomic E-state index is 5.61. The molecule has 0 aliphatic rings. The number of nitrogens with zero attached hydrogens (tertiary/aromatic N) is 3. The van der Waals surface area contributed by atoms with Crippen molar-refractivity contribution in [3.63, 3.8) is 0 Å². The predicted molar refractivity (Wildman–Crippen MR) is 51.5 cm³/mol. The number of rotatable bonds is 4. The molecule has 0 aliphatic heterocycles. The molecule has 13 heavy (non-hydrogen) atoms. The SMILES string of the molecule is CCNCC(C)c1nnc(N)n1N. The molecule has 0 saturated heterocycles. The standard InChI is InChI=1S/C7H16N6/c1-3-10-4-5(2)6-11-12-7(8)13(6)9/h5,10H,3-4,9H2,1-2H3,(H2,8,12). The van der Waals surface area contributed by atoms with Gasteiger partial charge in [-0.3, -0.25) is 0 Å². The summed E-state index contributed by atoms with van der Waals surface area (Å²) < 4.78 is 1.32. The fourth-order valence-electron chi connectivity index (χ4n) is 1.10. The molecule has 0 spiro atoms. The molecule has 0 amide bonds. The number of likely N-dealkylation sites (N-methyl/N-ethyl adjacent to an activating group) is 1. The van der Waals surface area contributed by atoms with Crippen molar-refractivity contribution in [3.05, 3.63) is 5.82 Å². The quantitative estimate of drug-likeness (QED) is 0.537. The van der Waals surface area contributed by atoms with Crippen molar-refractivity contribution in [2.24, 2.45) is 0 Å². The lowest BCUT2D eigenvalue weighted by atomic mass is 10.1. The van der Waals surface area contributed by atoms with Crippen LogP contribution < -0.4 is 16.9 Å². The van der Waals surface area contributed by atoms with E-state index < -0.39 is 0 Å². The average molecular weight is 184 g/mol. The van der Waals surface area contributed by atoms with Crippen molar-refractivity contribution in [2.75, 3.05) is 24.7 Å². The zero-order valence-corrected chi connectivity index (χ0v) is 7.99. The molecule has 0 bridgehead atoms. The van der Waals surface area contributed by atoms with Crippen molar-refractivity contribution < 1.29 is 0 Å². The molecule has 0 fully saturated rings. The Kier molecular flexibility index (Phi) is 3.07. The van der Waals surface area contributed by atoms with E-state index >= 15 is 0 Å². The zero-order chi connectivity index (χ0) is 9.84. The van der Waals surface area contributed by atoms with Crippen LogP contribution in [0.15, 0.2) is 0 Å². The Bertz CT molecular complexity index is 268. The molecule has 0 radical (unpaired) electrons. The summed E-state index contributed by atoms with van der Waals surface area (Å²) in [5.74, 6) is 6.79. The van der Waals surface area contributed by atoms with E-state index in [9.17, 15) is 0 Å². The molecule has 1 unspecified atom stereocenters. The molecule has 1 rings (SSSR count). The van der Waals surface area contributed by atoms with Crippen LogP contribution in [0.3, 0.4) is 0 Å². The second kappa shape index (κ2) is 4.08. The van der Waals surface area contributed by atoms with Gasteiger partial charge in [-0.25, -0.2) is 4.68 Å². The highest BCUT2D eigenvalue weighted by Crippen LogP contribution is 2.10. The van der Waals surface area contributed by atoms with Crippen LogP contribution in [0.5, 0.6) is 0 Å². The summed E-state index contributed by atoms with van der Waals surface area (Å²) in [5.41, 5.74) is 5.45. The van der Waals surface area contributed by atoms with Crippen molar-refractivity contribution in [1.29, 1.82) is 0 Å². The van der Waals surface area contributed by atoms with Crippen LogP contribution in [-0.2, 0) is 0 Å². The zero-order valence-electron chi connectivity index (χ0n) is 7.99. The van der Waals surface area contributed by atoms with E-state index in [2.05, 4.69) is 15.5 Å². The van der Waals surface area contributed by atoms with Gasteiger partial charge in [0.15, 0.2) is 5.82 Å². The minimum atomic E-state index is 0.217. The van der Waals surface area contributed by atoms with Gasteiger partial charge in [0.05, 0.1) is 0 Å².